The highest BCUT2D eigenvalue weighted by atomic mass is 32.1. The van der Waals surface area contributed by atoms with Crippen molar-refractivity contribution in [3.63, 3.8) is 0 Å². The molecule has 5 rings (SSSR count). The molecule has 1 saturated heterocycles. The van der Waals surface area contributed by atoms with Crippen LogP contribution in [0.3, 0.4) is 0 Å². The summed E-state index contributed by atoms with van der Waals surface area (Å²) in [6.45, 7) is 7.03. The van der Waals surface area contributed by atoms with Crippen molar-refractivity contribution in [3.8, 4) is 0 Å². The van der Waals surface area contributed by atoms with Gasteiger partial charge in [-0.1, -0.05) is 41.7 Å². The summed E-state index contributed by atoms with van der Waals surface area (Å²) in [4.78, 5) is 5.88. The summed E-state index contributed by atoms with van der Waals surface area (Å²) in [6, 6.07) is 17.0. The molecule has 1 fully saturated rings. The number of anilines is 1. The molecular weight excluding hydrogens is 374 g/mol. The molecule has 1 aliphatic heterocycles. The predicted molar refractivity (Wildman–Crippen MR) is 114 cm³/mol. The Bertz CT molecular complexity index is 1160. The van der Waals surface area contributed by atoms with Crippen molar-refractivity contribution in [1.82, 2.24) is 19.1 Å². The smallest absolute Gasteiger partial charge is 0.216 e. The second kappa shape index (κ2) is 6.74. The Morgan fingerprint density at radius 2 is 1.74 bits per heavy atom. The van der Waals surface area contributed by atoms with Gasteiger partial charge in [-0.15, -0.1) is 5.10 Å². The SMILES string of the molecule is Cc1ccccc1N1CCN(Cn2nc3sc4ccccc4n3c2=S)CC1. The first kappa shape index (κ1) is 16.9. The zero-order valence-corrected chi connectivity index (χ0v) is 16.8. The normalized spacial score (nSPS) is 15.8. The quantitative estimate of drug-likeness (QED) is 0.487. The van der Waals surface area contributed by atoms with Crippen molar-refractivity contribution in [3.05, 3.63) is 58.9 Å². The molecule has 0 bridgehead atoms. The number of para-hydroxylation sites is 2. The second-order valence-electron chi connectivity index (χ2n) is 7.00. The van der Waals surface area contributed by atoms with E-state index in [0.29, 0.717) is 0 Å². The van der Waals surface area contributed by atoms with E-state index in [1.807, 2.05) is 4.68 Å². The van der Waals surface area contributed by atoms with E-state index in [4.69, 9.17) is 17.3 Å². The van der Waals surface area contributed by atoms with E-state index in [1.54, 1.807) is 11.3 Å². The highest BCUT2D eigenvalue weighted by Gasteiger charge is 2.20. The summed E-state index contributed by atoms with van der Waals surface area (Å²) in [5.74, 6) is 0. The van der Waals surface area contributed by atoms with Crippen molar-refractivity contribution in [2.45, 2.75) is 13.6 Å². The lowest BCUT2D eigenvalue weighted by molar-refractivity contribution is 0.195. The van der Waals surface area contributed by atoms with Crippen LogP contribution in [-0.4, -0.2) is 45.3 Å². The largest absolute Gasteiger partial charge is 0.369 e. The Morgan fingerprint density at radius 3 is 2.56 bits per heavy atom. The maximum absolute atomic E-state index is 5.73. The maximum atomic E-state index is 5.73. The summed E-state index contributed by atoms with van der Waals surface area (Å²) >= 11 is 7.42. The van der Waals surface area contributed by atoms with E-state index in [-0.39, 0.29) is 0 Å². The van der Waals surface area contributed by atoms with Gasteiger partial charge in [0.15, 0.2) is 0 Å². The highest BCUT2D eigenvalue weighted by molar-refractivity contribution is 7.71. The lowest BCUT2D eigenvalue weighted by atomic mass is 10.1. The Labute approximate surface area is 167 Å². The molecule has 27 heavy (non-hydrogen) atoms. The molecule has 7 heteroatoms. The molecule has 2 aromatic carbocycles. The molecular formula is C20H21N5S2. The molecule has 0 aliphatic carbocycles. The van der Waals surface area contributed by atoms with Crippen molar-refractivity contribution in [1.29, 1.82) is 0 Å². The van der Waals surface area contributed by atoms with E-state index in [2.05, 4.69) is 69.7 Å². The monoisotopic (exact) mass is 395 g/mol. The Balaban J connectivity index is 1.34. The van der Waals surface area contributed by atoms with Crippen LogP contribution in [0.25, 0.3) is 15.2 Å². The maximum Gasteiger partial charge on any atom is 0.216 e. The first-order valence-corrected chi connectivity index (χ1v) is 10.4. The Hall–Kier alpha value is -2.22. The van der Waals surface area contributed by atoms with Gasteiger partial charge in [-0.2, -0.15) is 0 Å². The fourth-order valence-electron chi connectivity index (χ4n) is 3.82. The molecule has 2 aromatic heterocycles. The number of piperazine rings is 1. The summed E-state index contributed by atoms with van der Waals surface area (Å²) in [5.41, 5.74) is 3.84. The van der Waals surface area contributed by atoms with Gasteiger partial charge in [0, 0.05) is 31.9 Å². The van der Waals surface area contributed by atoms with E-state index in [9.17, 15) is 0 Å². The molecule has 0 spiro atoms. The van der Waals surface area contributed by atoms with Crippen molar-refractivity contribution in [2.75, 3.05) is 31.1 Å². The van der Waals surface area contributed by atoms with Gasteiger partial charge < -0.3 is 4.90 Å². The van der Waals surface area contributed by atoms with Gasteiger partial charge in [-0.3, -0.25) is 9.30 Å². The van der Waals surface area contributed by atoms with Gasteiger partial charge >= 0.3 is 0 Å². The fourth-order valence-corrected chi connectivity index (χ4v) is 5.18. The van der Waals surface area contributed by atoms with Gasteiger partial charge in [0.25, 0.3) is 0 Å². The number of aromatic nitrogens is 3. The van der Waals surface area contributed by atoms with Gasteiger partial charge in [0.2, 0.25) is 9.73 Å². The fraction of sp³-hybridized carbons (Fsp3) is 0.300. The zero-order chi connectivity index (χ0) is 18.4. The molecule has 0 atom stereocenters. The van der Waals surface area contributed by atoms with Gasteiger partial charge in [-0.25, -0.2) is 4.68 Å². The molecule has 4 aromatic rings. The topological polar surface area (TPSA) is 28.7 Å². The van der Waals surface area contributed by atoms with Crippen LogP contribution in [0.2, 0.25) is 0 Å². The molecule has 5 nitrogen and oxygen atoms in total. The third kappa shape index (κ3) is 2.96. The van der Waals surface area contributed by atoms with Crippen LogP contribution in [0.4, 0.5) is 5.69 Å². The van der Waals surface area contributed by atoms with Gasteiger partial charge in [-0.05, 0) is 42.9 Å². The van der Waals surface area contributed by atoms with Crippen molar-refractivity contribution in [2.24, 2.45) is 0 Å². The van der Waals surface area contributed by atoms with Crippen LogP contribution in [0.5, 0.6) is 0 Å². The third-order valence-electron chi connectivity index (χ3n) is 5.28. The number of hydrogen-bond donors (Lipinski definition) is 0. The first-order chi connectivity index (χ1) is 13.2. The first-order valence-electron chi connectivity index (χ1n) is 9.21. The number of rotatable bonds is 3. The van der Waals surface area contributed by atoms with Crippen LogP contribution >= 0.6 is 23.6 Å². The van der Waals surface area contributed by atoms with E-state index >= 15 is 0 Å². The molecule has 138 valence electrons. The Morgan fingerprint density at radius 1 is 1.00 bits per heavy atom. The van der Waals surface area contributed by atoms with Crippen LogP contribution in [0.15, 0.2) is 48.5 Å². The minimum Gasteiger partial charge on any atom is -0.369 e. The molecule has 0 radical (unpaired) electrons. The molecule has 1 aliphatic rings. The number of nitrogens with zero attached hydrogens (tertiary/aromatic N) is 5. The number of thiazole rings is 1. The number of benzene rings is 2. The van der Waals surface area contributed by atoms with E-state index in [0.717, 1.165) is 48.1 Å². The summed E-state index contributed by atoms with van der Waals surface area (Å²) in [5, 5.41) is 4.77. The minimum absolute atomic E-state index is 0.753. The second-order valence-corrected chi connectivity index (χ2v) is 8.38. The summed E-state index contributed by atoms with van der Waals surface area (Å²) in [7, 11) is 0. The lowest BCUT2D eigenvalue weighted by Gasteiger charge is -2.36. The standard InChI is InChI=1S/C20H21N5S2/c1-15-6-2-3-7-16(15)23-12-10-22(11-13-23)14-24-20(26)25-17-8-4-5-9-18(17)27-19(25)21-24/h2-9H,10-14H2,1H3. The Kier molecular flexibility index (Phi) is 4.22. The van der Waals surface area contributed by atoms with Crippen LogP contribution in [0.1, 0.15) is 5.56 Å². The summed E-state index contributed by atoms with van der Waals surface area (Å²) < 4.78 is 6.07. The van der Waals surface area contributed by atoms with Gasteiger partial charge in [0.05, 0.1) is 16.9 Å². The van der Waals surface area contributed by atoms with Crippen molar-refractivity contribution < 1.29 is 0 Å². The average molecular weight is 396 g/mol. The van der Waals surface area contributed by atoms with Crippen LogP contribution in [0, 0.1) is 11.7 Å². The zero-order valence-electron chi connectivity index (χ0n) is 15.2. The molecule has 0 unspecified atom stereocenters. The molecule has 0 amide bonds. The van der Waals surface area contributed by atoms with Gasteiger partial charge in [0.1, 0.15) is 0 Å². The number of hydrogen-bond acceptors (Lipinski definition) is 5. The lowest BCUT2D eigenvalue weighted by Crippen LogP contribution is -2.47. The minimum atomic E-state index is 0.753. The highest BCUT2D eigenvalue weighted by Crippen LogP contribution is 2.26. The molecule has 3 heterocycles. The number of fused-ring (bicyclic) bond motifs is 3. The number of aryl methyl sites for hydroxylation is 1. The van der Waals surface area contributed by atoms with E-state index in [1.165, 1.54) is 16.0 Å². The average Bonchev–Trinajstić information content (AvgIpc) is 3.19. The molecule has 0 N–H and O–H groups in total. The molecule has 0 saturated carbocycles. The van der Waals surface area contributed by atoms with Crippen molar-refractivity contribution >= 4 is 44.4 Å². The van der Waals surface area contributed by atoms with Crippen LogP contribution < -0.4 is 4.90 Å². The van der Waals surface area contributed by atoms with E-state index < -0.39 is 0 Å². The van der Waals surface area contributed by atoms with Crippen LogP contribution in [-0.2, 0) is 6.67 Å². The predicted octanol–water partition coefficient (Wildman–Crippen LogP) is 4.17. The summed E-state index contributed by atoms with van der Waals surface area (Å²) in [6.07, 6.45) is 0. The third-order valence-corrected chi connectivity index (χ3v) is 6.68.